The Labute approximate surface area is 142 Å². The first-order chi connectivity index (χ1) is 11.8. The van der Waals surface area contributed by atoms with Gasteiger partial charge in [-0.1, -0.05) is 36.4 Å². The molecule has 1 aromatic heterocycles. The number of aromatic amines is 1. The predicted octanol–water partition coefficient (Wildman–Crippen LogP) is 3.49. The van der Waals surface area contributed by atoms with E-state index in [0.29, 0.717) is 0 Å². The Hall–Kier alpha value is -2.59. The first-order valence-corrected chi connectivity index (χ1v) is 8.44. The first-order valence-electron chi connectivity index (χ1n) is 8.44. The quantitative estimate of drug-likeness (QED) is 0.803. The van der Waals surface area contributed by atoms with Crippen LogP contribution in [0.5, 0.6) is 0 Å². The number of fused-ring (bicyclic) bond motifs is 1. The van der Waals surface area contributed by atoms with E-state index in [9.17, 15) is 0 Å². The average molecular weight is 318 g/mol. The van der Waals surface area contributed by atoms with Crippen molar-refractivity contribution in [2.24, 2.45) is 0 Å². The van der Waals surface area contributed by atoms with Crippen molar-refractivity contribution in [3.63, 3.8) is 0 Å². The summed E-state index contributed by atoms with van der Waals surface area (Å²) in [5, 5.41) is 8.81. The summed E-state index contributed by atoms with van der Waals surface area (Å²) in [7, 11) is 2.18. The Balaban J connectivity index is 1.58. The second-order valence-corrected chi connectivity index (χ2v) is 6.37. The number of likely N-dealkylation sites (N-methyl/N-ethyl adjacent to an activating group) is 1. The van der Waals surface area contributed by atoms with Crippen LogP contribution in [0.2, 0.25) is 0 Å². The van der Waals surface area contributed by atoms with Gasteiger partial charge in [0.2, 0.25) is 0 Å². The second kappa shape index (κ2) is 6.49. The second-order valence-electron chi connectivity index (χ2n) is 6.37. The highest BCUT2D eigenvalue weighted by atomic mass is 15.2. The van der Waals surface area contributed by atoms with E-state index >= 15 is 0 Å². The van der Waals surface area contributed by atoms with Crippen LogP contribution in [0.4, 0.5) is 5.69 Å². The summed E-state index contributed by atoms with van der Waals surface area (Å²) in [5.74, 6) is 0. The van der Waals surface area contributed by atoms with E-state index in [0.717, 1.165) is 37.4 Å². The molecule has 0 atom stereocenters. The highest BCUT2D eigenvalue weighted by Gasteiger charge is 2.15. The van der Waals surface area contributed by atoms with Gasteiger partial charge in [0.05, 0.1) is 11.2 Å². The van der Waals surface area contributed by atoms with Crippen LogP contribution in [0.1, 0.15) is 11.3 Å². The third-order valence-corrected chi connectivity index (χ3v) is 4.68. The van der Waals surface area contributed by atoms with Crippen LogP contribution in [0.25, 0.3) is 23.1 Å². The predicted molar refractivity (Wildman–Crippen MR) is 101 cm³/mol. The van der Waals surface area contributed by atoms with Crippen molar-refractivity contribution in [3.8, 4) is 0 Å². The molecule has 0 amide bonds. The Morgan fingerprint density at radius 2 is 1.75 bits per heavy atom. The normalized spacial score (nSPS) is 16.3. The number of H-pyrrole nitrogens is 1. The number of rotatable bonds is 3. The molecule has 1 aliphatic heterocycles. The van der Waals surface area contributed by atoms with Gasteiger partial charge in [-0.15, -0.1) is 0 Å². The van der Waals surface area contributed by atoms with Gasteiger partial charge in [0, 0.05) is 37.3 Å². The minimum absolute atomic E-state index is 0.985. The van der Waals surface area contributed by atoms with Gasteiger partial charge in [0.15, 0.2) is 0 Å². The van der Waals surface area contributed by atoms with Crippen molar-refractivity contribution >= 4 is 28.7 Å². The molecule has 1 saturated heterocycles. The van der Waals surface area contributed by atoms with Crippen molar-refractivity contribution in [2.45, 2.75) is 0 Å². The lowest BCUT2D eigenvalue weighted by atomic mass is 10.1. The summed E-state index contributed by atoms with van der Waals surface area (Å²) in [6, 6.07) is 16.9. The highest BCUT2D eigenvalue weighted by Crippen LogP contribution is 2.24. The summed E-state index contributed by atoms with van der Waals surface area (Å²) < 4.78 is 0. The molecule has 2 aromatic carbocycles. The summed E-state index contributed by atoms with van der Waals surface area (Å²) >= 11 is 0. The van der Waals surface area contributed by atoms with Gasteiger partial charge in [0.1, 0.15) is 0 Å². The summed E-state index contributed by atoms with van der Waals surface area (Å²) in [6.45, 7) is 4.39. The molecule has 0 unspecified atom stereocenters. The van der Waals surface area contributed by atoms with Crippen LogP contribution in [-0.2, 0) is 0 Å². The van der Waals surface area contributed by atoms with Gasteiger partial charge in [-0.05, 0) is 36.9 Å². The lowest BCUT2D eigenvalue weighted by molar-refractivity contribution is 0.313. The molecule has 2 heterocycles. The number of hydrogen-bond acceptors (Lipinski definition) is 3. The maximum absolute atomic E-state index is 4.47. The Kier molecular flexibility index (Phi) is 4.05. The van der Waals surface area contributed by atoms with E-state index in [1.165, 1.54) is 16.6 Å². The molecule has 0 spiro atoms. The van der Waals surface area contributed by atoms with Crippen LogP contribution in [0.3, 0.4) is 0 Å². The van der Waals surface area contributed by atoms with Gasteiger partial charge >= 0.3 is 0 Å². The van der Waals surface area contributed by atoms with Gasteiger partial charge < -0.3 is 9.80 Å². The summed E-state index contributed by atoms with van der Waals surface area (Å²) in [4.78, 5) is 4.82. The smallest absolute Gasteiger partial charge is 0.0927 e. The highest BCUT2D eigenvalue weighted by molar-refractivity contribution is 5.91. The van der Waals surface area contributed by atoms with E-state index in [-0.39, 0.29) is 0 Å². The molecule has 4 rings (SSSR count). The lowest BCUT2D eigenvalue weighted by Crippen LogP contribution is -2.44. The molecule has 122 valence electrons. The minimum Gasteiger partial charge on any atom is -0.369 e. The van der Waals surface area contributed by atoms with Crippen LogP contribution < -0.4 is 4.90 Å². The number of benzene rings is 2. The fourth-order valence-corrected chi connectivity index (χ4v) is 3.16. The fraction of sp³-hybridized carbons (Fsp3) is 0.250. The zero-order chi connectivity index (χ0) is 16.4. The van der Waals surface area contributed by atoms with Crippen molar-refractivity contribution in [1.82, 2.24) is 15.1 Å². The summed E-state index contributed by atoms with van der Waals surface area (Å²) in [6.07, 6.45) is 4.17. The van der Waals surface area contributed by atoms with E-state index in [1.807, 2.05) is 18.2 Å². The standard InChI is InChI=1S/C20H22N4/c1-23-11-13-24(14-12-23)17-8-9-18-19(21-22-20(18)15-17)10-7-16-5-3-2-4-6-16/h2-10,15H,11-14H2,1H3,(H,21,22)/b10-7+. The molecule has 0 bridgehead atoms. The van der Waals surface area contributed by atoms with Crippen LogP contribution in [0.15, 0.2) is 48.5 Å². The molecule has 3 aromatic rings. The molecule has 0 saturated carbocycles. The van der Waals surface area contributed by atoms with Crippen molar-refractivity contribution < 1.29 is 0 Å². The molecule has 1 aliphatic rings. The van der Waals surface area contributed by atoms with Crippen LogP contribution >= 0.6 is 0 Å². The maximum Gasteiger partial charge on any atom is 0.0927 e. The van der Waals surface area contributed by atoms with Gasteiger partial charge in [0.25, 0.3) is 0 Å². The van der Waals surface area contributed by atoms with Gasteiger partial charge in [-0.3, -0.25) is 5.10 Å². The number of hydrogen-bond donors (Lipinski definition) is 1. The monoisotopic (exact) mass is 318 g/mol. The van der Waals surface area contributed by atoms with Crippen molar-refractivity contribution in [2.75, 3.05) is 38.1 Å². The SMILES string of the molecule is CN1CCN(c2ccc3c(/C=C/c4ccccc4)n[nH]c3c2)CC1. The van der Waals surface area contributed by atoms with Crippen molar-refractivity contribution in [3.05, 3.63) is 59.8 Å². The Morgan fingerprint density at radius 1 is 0.958 bits per heavy atom. The first kappa shape index (κ1) is 15.0. The molecular weight excluding hydrogens is 296 g/mol. The van der Waals surface area contributed by atoms with Crippen LogP contribution in [0, 0.1) is 0 Å². The molecule has 1 fully saturated rings. The minimum atomic E-state index is 0.985. The van der Waals surface area contributed by atoms with Crippen molar-refractivity contribution in [1.29, 1.82) is 0 Å². The molecule has 24 heavy (non-hydrogen) atoms. The Bertz CT molecular complexity index is 842. The lowest BCUT2D eigenvalue weighted by Gasteiger charge is -2.34. The maximum atomic E-state index is 4.47. The third-order valence-electron chi connectivity index (χ3n) is 4.68. The average Bonchev–Trinajstić information content (AvgIpc) is 3.04. The number of nitrogens with one attached hydrogen (secondary N) is 1. The van der Waals surface area contributed by atoms with Gasteiger partial charge in [-0.25, -0.2) is 0 Å². The van der Waals surface area contributed by atoms with E-state index < -0.39 is 0 Å². The Morgan fingerprint density at radius 3 is 2.54 bits per heavy atom. The molecular formula is C20H22N4. The number of nitrogens with zero attached hydrogens (tertiary/aromatic N) is 3. The molecule has 0 aliphatic carbocycles. The topological polar surface area (TPSA) is 35.2 Å². The largest absolute Gasteiger partial charge is 0.369 e. The zero-order valence-corrected chi connectivity index (χ0v) is 13.9. The molecule has 4 nitrogen and oxygen atoms in total. The number of aromatic nitrogens is 2. The number of piperazine rings is 1. The molecule has 1 N–H and O–H groups in total. The fourth-order valence-electron chi connectivity index (χ4n) is 3.16. The summed E-state index contributed by atoms with van der Waals surface area (Å²) in [5.41, 5.74) is 4.54. The van der Waals surface area contributed by atoms with Crippen LogP contribution in [-0.4, -0.2) is 48.3 Å². The zero-order valence-electron chi connectivity index (χ0n) is 13.9. The van der Waals surface area contributed by atoms with E-state index in [2.05, 4.69) is 69.5 Å². The van der Waals surface area contributed by atoms with E-state index in [1.54, 1.807) is 0 Å². The van der Waals surface area contributed by atoms with E-state index in [4.69, 9.17) is 0 Å². The molecule has 0 radical (unpaired) electrons. The number of anilines is 1. The van der Waals surface area contributed by atoms with Gasteiger partial charge in [-0.2, -0.15) is 5.10 Å². The third kappa shape index (κ3) is 3.05. The molecule has 4 heteroatoms.